The molecule has 25 heavy (non-hydrogen) atoms. The van der Waals surface area contributed by atoms with Gasteiger partial charge in [0.05, 0.1) is 23.6 Å². The maximum Gasteiger partial charge on any atom is 0.230 e. The van der Waals surface area contributed by atoms with Crippen molar-refractivity contribution >= 4 is 15.7 Å². The zero-order chi connectivity index (χ0) is 18.0. The summed E-state index contributed by atoms with van der Waals surface area (Å²) < 4.78 is 29.2. The van der Waals surface area contributed by atoms with Gasteiger partial charge in [0.15, 0.2) is 9.84 Å². The first-order valence-electron chi connectivity index (χ1n) is 8.41. The highest BCUT2D eigenvalue weighted by atomic mass is 32.2. The number of likely N-dealkylation sites (N-methyl/N-ethyl adjacent to an activating group) is 1. The van der Waals surface area contributed by atoms with Gasteiger partial charge in [-0.25, -0.2) is 13.4 Å². The Balaban J connectivity index is 1.75. The number of aromatic nitrogens is 1. The summed E-state index contributed by atoms with van der Waals surface area (Å²) in [7, 11) is -3.03. The maximum atomic E-state index is 12.7. The molecule has 0 radical (unpaired) electrons. The van der Waals surface area contributed by atoms with Gasteiger partial charge in [-0.15, -0.1) is 0 Å². The van der Waals surface area contributed by atoms with Crippen molar-refractivity contribution in [3.63, 3.8) is 0 Å². The summed E-state index contributed by atoms with van der Waals surface area (Å²) in [6.07, 6.45) is 0.600. The van der Waals surface area contributed by atoms with E-state index in [4.69, 9.17) is 4.42 Å². The predicted octanol–water partition coefficient (Wildman–Crippen LogP) is 2.23. The molecule has 1 fully saturated rings. The number of aryl methyl sites for hydroxylation is 1. The van der Waals surface area contributed by atoms with Gasteiger partial charge in [0.2, 0.25) is 11.8 Å². The quantitative estimate of drug-likeness (QED) is 0.815. The average molecular weight is 362 g/mol. The van der Waals surface area contributed by atoms with Crippen molar-refractivity contribution in [2.24, 2.45) is 0 Å². The number of rotatable bonds is 5. The fourth-order valence-electron chi connectivity index (χ4n) is 3.19. The minimum Gasteiger partial charge on any atom is -0.440 e. The summed E-state index contributed by atoms with van der Waals surface area (Å²) in [4.78, 5) is 18.7. The summed E-state index contributed by atoms with van der Waals surface area (Å²) in [5.41, 5.74) is 1.54. The van der Waals surface area contributed by atoms with E-state index >= 15 is 0 Å². The minimum absolute atomic E-state index is 0.0528. The van der Waals surface area contributed by atoms with Crippen molar-refractivity contribution in [1.82, 2.24) is 9.88 Å². The molecule has 1 saturated heterocycles. The number of carbonyl (C=O) groups is 1. The second-order valence-electron chi connectivity index (χ2n) is 6.31. The second kappa shape index (κ2) is 7.00. The smallest absolute Gasteiger partial charge is 0.230 e. The van der Waals surface area contributed by atoms with Crippen LogP contribution >= 0.6 is 0 Å². The van der Waals surface area contributed by atoms with Gasteiger partial charge in [0.1, 0.15) is 5.76 Å². The molecule has 0 aliphatic carbocycles. The van der Waals surface area contributed by atoms with Crippen molar-refractivity contribution in [2.45, 2.75) is 32.7 Å². The van der Waals surface area contributed by atoms with Gasteiger partial charge in [-0.3, -0.25) is 4.79 Å². The van der Waals surface area contributed by atoms with E-state index in [9.17, 15) is 13.2 Å². The third-order valence-corrected chi connectivity index (χ3v) is 6.29. The molecule has 7 heteroatoms. The standard InChI is InChI=1S/C18H22N2O4S/c1-3-20(15-9-10-25(22,23)12-15)17(21)11-16-13(2)19-18(24-16)14-7-5-4-6-8-14/h4-8,15H,3,9-12H2,1-2H3. The summed E-state index contributed by atoms with van der Waals surface area (Å²) in [5, 5.41) is 0. The monoisotopic (exact) mass is 362 g/mol. The third-order valence-electron chi connectivity index (χ3n) is 4.54. The Morgan fingerprint density at radius 1 is 1.32 bits per heavy atom. The first-order valence-corrected chi connectivity index (χ1v) is 10.2. The molecule has 2 heterocycles. The SMILES string of the molecule is CCN(C(=O)Cc1oc(-c2ccccc2)nc1C)C1CCS(=O)(=O)C1. The molecule has 6 nitrogen and oxygen atoms in total. The van der Waals surface area contributed by atoms with Crippen LogP contribution in [0.15, 0.2) is 34.7 Å². The second-order valence-corrected chi connectivity index (χ2v) is 8.54. The van der Waals surface area contributed by atoms with Crippen molar-refractivity contribution in [3.05, 3.63) is 41.8 Å². The molecule has 0 saturated carbocycles. The summed E-state index contributed by atoms with van der Waals surface area (Å²) >= 11 is 0. The fraction of sp³-hybridized carbons (Fsp3) is 0.444. The highest BCUT2D eigenvalue weighted by Gasteiger charge is 2.34. The number of nitrogens with zero attached hydrogens (tertiary/aromatic N) is 2. The highest BCUT2D eigenvalue weighted by Crippen LogP contribution is 2.23. The van der Waals surface area contributed by atoms with Crippen molar-refractivity contribution in [2.75, 3.05) is 18.1 Å². The molecule has 2 aromatic rings. The van der Waals surface area contributed by atoms with Crippen LogP contribution in [0, 0.1) is 6.92 Å². The van der Waals surface area contributed by atoms with Crippen LogP contribution in [0.3, 0.4) is 0 Å². The molecule has 1 unspecified atom stereocenters. The van der Waals surface area contributed by atoms with E-state index in [1.54, 1.807) is 4.90 Å². The third kappa shape index (κ3) is 3.92. The van der Waals surface area contributed by atoms with Gasteiger partial charge in [-0.1, -0.05) is 18.2 Å². The molecule has 1 aliphatic rings. The van der Waals surface area contributed by atoms with Crippen molar-refractivity contribution in [1.29, 1.82) is 0 Å². The number of amides is 1. The molecule has 134 valence electrons. The van der Waals surface area contributed by atoms with Crippen LogP contribution in [-0.2, 0) is 21.1 Å². The first kappa shape index (κ1) is 17.7. The van der Waals surface area contributed by atoms with Crippen molar-refractivity contribution < 1.29 is 17.6 Å². The Morgan fingerprint density at radius 3 is 2.64 bits per heavy atom. The molecule has 0 bridgehead atoms. The maximum absolute atomic E-state index is 12.7. The summed E-state index contributed by atoms with van der Waals surface area (Å²) in [5.74, 6) is 1.11. The number of hydrogen-bond donors (Lipinski definition) is 0. The summed E-state index contributed by atoms with van der Waals surface area (Å²) in [6, 6.07) is 9.28. The van der Waals surface area contributed by atoms with Crippen LogP contribution in [0.5, 0.6) is 0 Å². The largest absolute Gasteiger partial charge is 0.440 e. The molecular formula is C18H22N2O4S. The van der Waals surface area contributed by atoms with E-state index in [2.05, 4.69) is 4.98 Å². The molecule has 1 atom stereocenters. The normalized spacial score (nSPS) is 19.0. The molecule has 1 aliphatic heterocycles. The Morgan fingerprint density at radius 2 is 2.04 bits per heavy atom. The van der Waals surface area contributed by atoms with E-state index in [-0.39, 0.29) is 29.9 Å². The lowest BCUT2D eigenvalue weighted by atomic mass is 10.2. The highest BCUT2D eigenvalue weighted by molar-refractivity contribution is 7.91. The van der Waals surface area contributed by atoms with Gasteiger partial charge >= 0.3 is 0 Å². The zero-order valence-electron chi connectivity index (χ0n) is 14.4. The number of benzene rings is 1. The lowest BCUT2D eigenvalue weighted by Crippen LogP contribution is -2.41. The van der Waals surface area contributed by atoms with Gasteiger partial charge in [-0.2, -0.15) is 0 Å². The number of sulfone groups is 1. The Hall–Kier alpha value is -2.15. The molecule has 3 rings (SSSR count). The zero-order valence-corrected chi connectivity index (χ0v) is 15.3. The minimum atomic E-state index is -3.03. The molecule has 1 aromatic heterocycles. The fourth-order valence-corrected chi connectivity index (χ4v) is 4.93. The topological polar surface area (TPSA) is 80.5 Å². The Kier molecular flexibility index (Phi) is 4.94. The lowest BCUT2D eigenvalue weighted by Gasteiger charge is -2.26. The molecule has 1 aromatic carbocycles. The first-order chi connectivity index (χ1) is 11.9. The number of carbonyl (C=O) groups excluding carboxylic acids is 1. The van der Waals surface area contributed by atoms with E-state index < -0.39 is 9.84 Å². The van der Waals surface area contributed by atoms with Crippen LogP contribution in [0.4, 0.5) is 0 Å². The molecule has 0 spiro atoms. The predicted molar refractivity (Wildman–Crippen MR) is 94.8 cm³/mol. The molecule has 0 N–H and O–H groups in total. The molecular weight excluding hydrogens is 340 g/mol. The van der Waals surface area contributed by atoms with Gasteiger partial charge in [-0.05, 0) is 32.4 Å². The van der Waals surface area contributed by atoms with Crippen LogP contribution < -0.4 is 0 Å². The van der Waals surface area contributed by atoms with Crippen LogP contribution in [0.2, 0.25) is 0 Å². The summed E-state index contributed by atoms with van der Waals surface area (Å²) in [6.45, 7) is 4.16. The van der Waals surface area contributed by atoms with Crippen LogP contribution in [0.25, 0.3) is 11.5 Å². The molecule has 1 amide bonds. The van der Waals surface area contributed by atoms with E-state index in [0.717, 1.165) is 5.56 Å². The van der Waals surface area contributed by atoms with E-state index in [1.807, 2.05) is 44.2 Å². The van der Waals surface area contributed by atoms with Gasteiger partial charge in [0.25, 0.3) is 0 Å². The van der Waals surface area contributed by atoms with Gasteiger partial charge < -0.3 is 9.32 Å². The van der Waals surface area contributed by atoms with E-state index in [0.29, 0.717) is 30.3 Å². The Labute approximate surface area is 147 Å². The number of oxazole rings is 1. The Bertz CT molecular complexity index is 858. The van der Waals surface area contributed by atoms with E-state index in [1.165, 1.54) is 0 Å². The van der Waals surface area contributed by atoms with Crippen LogP contribution in [0.1, 0.15) is 24.8 Å². The van der Waals surface area contributed by atoms with Crippen LogP contribution in [-0.4, -0.2) is 48.3 Å². The van der Waals surface area contributed by atoms with Gasteiger partial charge in [0, 0.05) is 18.2 Å². The number of hydrogen-bond acceptors (Lipinski definition) is 5. The lowest BCUT2D eigenvalue weighted by molar-refractivity contribution is -0.132. The average Bonchev–Trinajstić information content (AvgIpc) is 3.12. The van der Waals surface area contributed by atoms with Crippen molar-refractivity contribution in [3.8, 4) is 11.5 Å².